The summed E-state index contributed by atoms with van der Waals surface area (Å²) < 4.78 is 0. The van der Waals surface area contributed by atoms with Gasteiger partial charge >= 0.3 is 0 Å². The molecular formula is C18H24N2O2. The third-order valence-electron chi connectivity index (χ3n) is 3.85. The maximum atomic E-state index is 11.9. The van der Waals surface area contributed by atoms with E-state index in [2.05, 4.69) is 16.7 Å². The minimum absolute atomic E-state index is 0.00465. The SMILES string of the molecule is CC(=O)c1cccc(NC(=O)CNCCC2=CCCCC2)c1. The minimum atomic E-state index is -0.0849. The summed E-state index contributed by atoms with van der Waals surface area (Å²) in [5, 5.41) is 5.98. The fourth-order valence-electron chi connectivity index (χ4n) is 2.60. The molecule has 2 rings (SSSR count). The number of ketones is 1. The van der Waals surface area contributed by atoms with Gasteiger partial charge in [0, 0.05) is 11.3 Å². The molecule has 0 bridgehead atoms. The quantitative estimate of drug-likeness (QED) is 0.461. The Labute approximate surface area is 132 Å². The van der Waals surface area contributed by atoms with Crippen LogP contribution in [0.15, 0.2) is 35.9 Å². The van der Waals surface area contributed by atoms with Crippen molar-refractivity contribution in [3.63, 3.8) is 0 Å². The summed E-state index contributed by atoms with van der Waals surface area (Å²) in [5.74, 6) is -0.0895. The number of amides is 1. The predicted molar refractivity (Wildman–Crippen MR) is 89.1 cm³/mol. The van der Waals surface area contributed by atoms with E-state index in [4.69, 9.17) is 0 Å². The second kappa shape index (κ2) is 8.49. The van der Waals surface area contributed by atoms with Crippen LogP contribution in [0.25, 0.3) is 0 Å². The largest absolute Gasteiger partial charge is 0.325 e. The average Bonchev–Trinajstić information content (AvgIpc) is 2.53. The van der Waals surface area contributed by atoms with Gasteiger partial charge in [0.05, 0.1) is 6.54 Å². The summed E-state index contributed by atoms with van der Waals surface area (Å²) in [7, 11) is 0. The molecule has 1 aliphatic carbocycles. The van der Waals surface area contributed by atoms with Gasteiger partial charge in [0.25, 0.3) is 0 Å². The predicted octanol–water partition coefficient (Wildman–Crippen LogP) is 3.31. The number of carbonyl (C=O) groups excluding carboxylic acids is 2. The first-order valence-corrected chi connectivity index (χ1v) is 7.94. The first-order valence-electron chi connectivity index (χ1n) is 7.94. The molecule has 0 atom stereocenters. The molecule has 1 aliphatic rings. The molecule has 2 N–H and O–H groups in total. The van der Waals surface area contributed by atoms with Crippen LogP contribution < -0.4 is 10.6 Å². The lowest BCUT2D eigenvalue weighted by Gasteiger charge is -2.13. The number of nitrogens with one attached hydrogen (secondary N) is 2. The second-order valence-corrected chi connectivity index (χ2v) is 5.72. The number of hydrogen-bond acceptors (Lipinski definition) is 3. The van der Waals surface area contributed by atoms with Gasteiger partial charge in [-0.3, -0.25) is 9.59 Å². The van der Waals surface area contributed by atoms with Crippen LogP contribution in [0.5, 0.6) is 0 Å². The number of rotatable bonds is 7. The lowest BCUT2D eigenvalue weighted by Crippen LogP contribution is -2.29. The van der Waals surface area contributed by atoms with E-state index in [9.17, 15) is 9.59 Å². The van der Waals surface area contributed by atoms with Crippen LogP contribution >= 0.6 is 0 Å². The molecule has 118 valence electrons. The second-order valence-electron chi connectivity index (χ2n) is 5.72. The van der Waals surface area contributed by atoms with Crippen molar-refractivity contribution in [3.8, 4) is 0 Å². The van der Waals surface area contributed by atoms with Gasteiger partial charge in [-0.05, 0) is 57.7 Å². The molecule has 0 spiro atoms. The smallest absolute Gasteiger partial charge is 0.238 e. The van der Waals surface area contributed by atoms with Crippen molar-refractivity contribution < 1.29 is 9.59 Å². The van der Waals surface area contributed by atoms with Gasteiger partial charge in [0.2, 0.25) is 5.91 Å². The number of benzene rings is 1. The normalized spacial score (nSPS) is 14.3. The van der Waals surface area contributed by atoms with Gasteiger partial charge in [-0.25, -0.2) is 0 Å². The van der Waals surface area contributed by atoms with E-state index in [1.54, 1.807) is 24.3 Å². The van der Waals surface area contributed by atoms with Crippen LogP contribution in [-0.2, 0) is 4.79 Å². The standard InChI is InChI=1S/C18H24N2O2/c1-14(21)16-8-5-9-17(12-16)20-18(22)13-19-11-10-15-6-3-2-4-7-15/h5-6,8-9,12,19H,2-4,7,10-11,13H2,1H3,(H,20,22). The Hall–Kier alpha value is -1.94. The summed E-state index contributed by atoms with van der Waals surface area (Å²) >= 11 is 0. The highest BCUT2D eigenvalue weighted by atomic mass is 16.2. The van der Waals surface area contributed by atoms with Crippen LogP contribution in [0.2, 0.25) is 0 Å². The summed E-state index contributed by atoms with van der Waals surface area (Å²) in [6.45, 7) is 2.63. The van der Waals surface area contributed by atoms with Crippen molar-refractivity contribution in [1.82, 2.24) is 5.32 Å². The number of anilines is 1. The molecule has 1 amide bonds. The third kappa shape index (κ3) is 5.45. The molecule has 0 saturated carbocycles. The lowest BCUT2D eigenvalue weighted by molar-refractivity contribution is -0.115. The Morgan fingerprint density at radius 2 is 2.09 bits per heavy atom. The van der Waals surface area contributed by atoms with Gasteiger partial charge in [-0.15, -0.1) is 0 Å². The maximum Gasteiger partial charge on any atom is 0.238 e. The van der Waals surface area contributed by atoms with Gasteiger partial charge in [0.15, 0.2) is 5.78 Å². The van der Waals surface area contributed by atoms with Crippen molar-refractivity contribution in [2.75, 3.05) is 18.4 Å². The highest BCUT2D eigenvalue weighted by Gasteiger charge is 2.06. The van der Waals surface area contributed by atoms with Gasteiger partial charge < -0.3 is 10.6 Å². The molecule has 0 fully saturated rings. The number of allylic oxidation sites excluding steroid dienone is 1. The number of carbonyl (C=O) groups is 2. The van der Waals surface area contributed by atoms with Crippen LogP contribution in [0.4, 0.5) is 5.69 Å². The Balaban J connectivity index is 1.70. The molecule has 22 heavy (non-hydrogen) atoms. The van der Waals surface area contributed by atoms with Crippen molar-refractivity contribution in [3.05, 3.63) is 41.5 Å². The molecule has 4 heteroatoms. The highest BCUT2D eigenvalue weighted by molar-refractivity contribution is 5.97. The van der Waals surface area contributed by atoms with Gasteiger partial charge in [-0.2, -0.15) is 0 Å². The Bertz CT molecular complexity index is 564. The molecule has 0 saturated heterocycles. The minimum Gasteiger partial charge on any atom is -0.325 e. The van der Waals surface area contributed by atoms with E-state index in [0.717, 1.165) is 13.0 Å². The maximum absolute atomic E-state index is 11.9. The van der Waals surface area contributed by atoms with Crippen molar-refractivity contribution in [2.45, 2.75) is 39.0 Å². The molecular weight excluding hydrogens is 276 g/mol. The van der Waals surface area contributed by atoms with E-state index in [0.29, 0.717) is 11.3 Å². The van der Waals surface area contributed by atoms with E-state index >= 15 is 0 Å². The summed E-state index contributed by atoms with van der Waals surface area (Å²) in [6, 6.07) is 7.01. The Morgan fingerprint density at radius 3 is 2.82 bits per heavy atom. The van der Waals surface area contributed by atoms with E-state index < -0.39 is 0 Å². The number of hydrogen-bond donors (Lipinski definition) is 2. The molecule has 4 nitrogen and oxygen atoms in total. The highest BCUT2D eigenvalue weighted by Crippen LogP contribution is 2.19. The molecule has 0 aromatic heterocycles. The zero-order valence-electron chi connectivity index (χ0n) is 13.2. The van der Waals surface area contributed by atoms with Crippen molar-refractivity contribution >= 4 is 17.4 Å². The molecule has 0 radical (unpaired) electrons. The van der Waals surface area contributed by atoms with Crippen LogP contribution in [0.1, 0.15) is 49.4 Å². The van der Waals surface area contributed by atoms with Crippen molar-refractivity contribution in [2.24, 2.45) is 0 Å². The number of Topliss-reactive ketones (excluding diaryl/α,β-unsaturated/α-hetero) is 1. The first-order chi connectivity index (χ1) is 10.6. The average molecular weight is 300 g/mol. The molecule has 0 heterocycles. The van der Waals surface area contributed by atoms with Crippen LogP contribution in [0.3, 0.4) is 0 Å². The van der Waals surface area contributed by atoms with Crippen LogP contribution in [-0.4, -0.2) is 24.8 Å². The zero-order valence-corrected chi connectivity index (χ0v) is 13.2. The van der Waals surface area contributed by atoms with E-state index in [1.807, 2.05) is 0 Å². The van der Waals surface area contributed by atoms with Gasteiger partial charge in [-0.1, -0.05) is 23.8 Å². The fraction of sp³-hybridized carbons (Fsp3) is 0.444. The first kappa shape index (κ1) is 16.4. The molecule has 0 unspecified atom stereocenters. The summed E-state index contributed by atoms with van der Waals surface area (Å²) in [5.41, 5.74) is 2.78. The molecule has 0 aliphatic heterocycles. The summed E-state index contributed by atoms with van der Waals surface area (Å²) in [4.78, 5) is 23.2. The molecule has 1 aromatic carbocycles. The molecule has 1 aromatic rings. The third-order valence-corrected chi connectivity index (χ3v) is 3.85. The fourth-order valence-corrected chi connectivity index (χ4v) is 2.60. The monoisotopic (exact) mass is 300 g/mol. The topological polar surface area (TPSA) is 58.2 Å². The van der Waals surface area contributed by atoms with Gasteiger partial charge in [0.1, 0.15) is 0 Å². The van der Waals surface area contributed by atoms with E-state index in [1.165, 1.54) is 38.2 Å². The Morgan fingerprint density at radius 1 is 1.23 bits per heavy atom. The summed E-state index contributed by atoms with van der Waals surface area (Å²) in [6.07, 6.45) is 8.34. The lowest BCUT2D eigenvalue weighted by atomic mass is 9.97. The van der Waals surface area contributed by atoms with E-state index in [-0.39, 0.29) is 18.2 Å². The van der Waals surface area contributed by atoms with Crippen LogP contribution in [0, 0.1) is 0 Å². The van der Waals surface area contributed by atoms with Crippen molar-refractivity contribution in [1.29, 1.82) is 0 Å². The Kier molecular flexibility index (Phi) is 6.34. The zero-order chi connectivity index (χ0) is 15.8.